The molecule has 0 spiro atoms. The SMILES string of the molecule is Cn1cc(S(=O)(=O)NCCCNS(C)(=O)=O)c(N)n1. The van der Waals surface area contributed by atoms with Crippen molar-refractivity contribution in [2.75, 3.05) is 25.1 Å². The fraction of sp³-hybridized carbons (Fsp3) is 0.625. The van der Waals surface area contributed by atoms with E-state index < -0.39 is 20.0 Å². The fourth-order valence-electron chi connectivity index (χ4n) is 1.32. The maximum atomic E-state index is 11.8. The molecule has 19 heavy (non-hydrogen) atoms. The van der Waals surface area contributed by atoms with Crippen molar-refractivity contribution in [3.63, 3.8) is 0 Å². The highest BCUT2D eigenvalue weighted by Gasteiger charge is 2.19. The minimum atomic E-state index is -3.72. The van der Waals surface area contributed by atoms with E-state index in [-0.39, 0.29) is 23.8 Å². The molecule has 9 nitrogen and oxygen atoms in total. The summed E-state index contributed by atoms with van der Waals surface area (Å²) in [6, 6.07) is 0. The number of nitrogens with two attached hydrogens (primary N) is 1. The number of aromatic nitrogens is 2. The van der Waals surface area contributed by atoms with Gasteiger partial charge in [-0.2, -0.15) is 5.10 Å². The van der Waals surface area contributed by atoms with Crippen LogP contribution in [0.5, 0.6) is 0 Å². The molecule has 110 valence electrons. The highest BCUT2D eigenvalue weighted by molar-refractivity contribution is 7.89. The molecule has 4 N–H and O–H groups in total. The first-order chi connectivity index (χ1) is 8.62. The van der Waals surface area contributed by atoms with Crippen molar-refractivity contribution in [3.05, 3.63) is 6.20 Å². The van der Waals surface area contributed by atoms with Gasteiger partial charge in [0.2, 0.25) is 20.0 Å². The lowest BCUT2D eigenvalue weighted by Crippen LogP contribution is -2.29. The first-order valence-electron chi connectivity index (χ1n) is 5.35. The Labute approximate surface area is 112 Å². The van der Waals surface area contributed by atoms with Crippen LogP contribution in [0.3, 0.4) is 0 Å². The van der Waals surface area contributed by atoms with Crippen molar-refractivity contribution in [3.8, 4) is 0 Å². The Morgan fingerprint density at radius 3 is 2.32 bits per heavy atom. The third-order valence-corrected chi connectivity index (χ3v) is 4.33. The average molecular weight is 311 g/mol. The minimum absolute atomic E-state index is 0.0794. The molecule has 1 rings (SSSR count). The molecule has 0 fully saturated rings. The van der Waals surface area contributed by atoms with E-state index in [2.05, 4.69) is 14.5 Å². The molecule has 0 aromatic carbocycles. The smallest absolute Gasteiger partial charge is 0.245 e. The van der Waals surface area contributed by atoms with Crippen LogP contribution < -0.4 is 15.2 Å². The van der Waals surface area contributed by atoms with Gasteiger partial charge in [-0.05, 0) is 6.42 Å². The van der Waals surface area contributed by atoms with E-state index in [4.69, 9.17) is 5.73 Å². The second-order valence-electron chi connectivity index (χ2n) is 3.97. The van der Waals surface area contributed by atoms with Gasteiger partial charge < -0.3 is 5.73 Å². The monoisotopic (exact) mass is 311 g/mol. The van der Waals surface area contributed by atoms with E-state index >= 15 is 0 Å². The normalized spacial score (nSPS) is 12.7. The van der Waals surface area contributed by atoms with Gasteiger partial charge in [-0.1, -0.05) is 0 Å². The largest absolute Gasteiger partial charge is 0.381 e. The van der Waals surface area contributed by atoms with Gasteiger partial charge in [0.1, 0.15) is 4.90 Å². The molecular weight excluding hydrogens is 294 g/mol. The van der Waals surface area contributed by atoms with E-state index in [1.807, 2.05) is 0 Å². The number of anilines is 1. The first-order valence-corrected chi connectivity index (χ1v) is 8.73. The van der Waals surface area contributed by atoms with Crippen molar-refractivity contribution < 1.29 is 16.8 Å². The van der Waals surface area contributed by atoms with Crippen LogP contribution in [-0.4, -0.2) is 46.0 Å². The van der Waals surface area contributed by atoms with Crippen LogP contribution >= 0.6 is 0 Å². The number of nitrogen functional groups attached to an aromatic ring is 1. The first kappa shape index (κ1) is 15.9. The van der Waals surface area contributed by atoms with Gasteiger partial charge in [-0.3, -0.25) is 4.68 Å². The van der Waals surface area contributed by atoms with Crippen LogP contribution in [0.25, 0.3) is 0 Å². The lowest BCUT2D eigenvalue weighted by Gasteiger charge is -2.05. The highest BCUT2D eigenvalue weighted by atomic mass is 32.2. The van der Waals surface area contributed by atoms with Crippen LogP contribution in [0, 0.1) is 0 Å². The number of hydrogen-bond donors (Lipinski definition) is 3. The molecule has 1 heterocycles. The van der Waals surface area contributed by atoms with Crippen molar-refractivity contribution >= 4 is 25.9 Å². The zero-order valence-corrected chi connectivity index (χ0v) is 12.3. The fourth-order valence-corrected chi connectivity index (χ4v) is 3.01. The van der Waals surface area contributed by atoms with Crippen molar-refractivity contribution in [1.29, 1.82) is 0 Å². The molecule has 0 atom stereocenters. The molecular formula is C8H17N5O4S2. The second kappa shape index (κ2) is 5.86. The summed E-state index contributed by atoms with van der Waals surface area (Å²) in [5.41, 5.74) is 5.47. The predicted octanol–water partition coefficient (Wildman–Crippen LogP) is -1.78. The zero-order chi connectivity index (χ0) is 14.7. The molecule has 0 aliphatic heterocycles. The molecule has 1 aromatic heterocycles. The van der Waals surface area contributed by atoms with E-state index in [1.54, 1.807) is 7.05 Å². The summed E-state index contributed by atoms with van der Waals surface area (Å²) in [6.45, 7) is 0.253. The molecule has 11 heteroatoms. The predicted molar refractivity (Wildman–Crippen MR) is 70.3 cm³/mol. The van der Waals surface area contributed by atoms with Crippen molar-refractivity contribution in [2.45, 2.75) is 11.3 Å². The number of hydrogen-bond acceptors (Lipinski definition) is 6. The lowest BCUT2D eigenvalue weighted by atomic mass is 10.4. The summed E-state index contributed by atoms with van der Waals surface area (Å²) in [5.74, 6) is -0.0794. The standard InChI is InChI=1S/C8H17N5O4S2/c1-13-6-7(8(9)12-13)19(16,17)11-5-3-4-10-18(2,14)15/h6,10-11H,3-5H2,1-2H3,(H2,9,12). The van der Waals surface area contributed by atoms with Crippen LogP contribution in [0.15, 0.2) is 11.1 Å². The maximum Gasteiger partial charge on any atom is 0.245 e. The quantitative estimate of drug-likeness (QED) is 0.509. The van der Waals surface area contributed by atoms with Crippen molar-refractivity contribution in [1.82, 2.24) is 19.2 Å². The zero-order valence-electron chi connectivity index (χ0n) is 10.6. The van der Waals surface area contributed by atoms with Gasteiger partial charge in [-0.15, -0.1) is 0 Å². The Bertz CT molecular complexity index is 634. The molecule has 0 radical (unpaired) electrons. The summed E-state index contributed by atoms with van der Waals surface area (Å²) < 4.78 is 51.1. The number of sulfonamides is 2. The molecule has 0 bridgehead atoms. The molecule has 0 unspecified atom stereocenters. The summed E-state index contributed by atoms with van der Waals surface area (Å²) in [4.78, 5) is -0.0916. The van der Waals surface area contributed by atoms with Crippen LogP contribution in [0.2, 0.25) is 0 Å². The van der Waals surface area contributed by atoms with Crippen LogP contribution in [-0.2, 0) is 27.1 Å². The Hall–Kier alpha value is -1.17. The second-order valence-corrected chi connectivity index (χ2v) is 7.54. The van der Waals surface area contributed by atoms with Gasteiger partial charge in [0.15, 0.2) is 5.82 Å². The van der Waals surface area contributed by atoms with Crippen LogP contribution in [0.1, 0.15) is 6.42 Å². The number of rotatable bonds is 7. The Balaban J connectivity index is 2.51. The van der Waals surface area contributed by atoms with Gasteiger partial charge in [-0.25, -0.2) is 26.3 Å². The minimum Gasteiger partial charge on any atom is -0.381 e. The summed E-state index contributed by atoms with van der Waals surface area (Å²) in [5, 5.41) is 3.74. The highest BCUT2D eigenvalue weighted by Crippen LogP contribution is 2.14. The van der Waals surface area contributed by atoms with Gasteiger partial charge in [0, 0.05) is 26.3 Å². The van der Waals surface area contributed by atoms with Gasteiger partial charge in [0.05, 0.1) is 6.26 Å². The molecule has 0 saturated carbocycles. The van der Waals surface area contributed by atoms with Gasteiger partial charge in [0.25, 0.3) is 0 Å². The maximum absolute atomic E-state index is 11.8. The lowest BCUT2D eigenvalue weighted by molar-refractivity contribution is 0.575. The average Bonchev–Trinajstić information content (AvgIpc) is 2.56. The Morgan fingerprint density at radius 1 is 1.26 bits per heavy atom. The van der Waals surface area contributed by atoms with Gasteiger partial charge >= 0.3 is 0 Å². The van der Waals surface area contributed by atoms with E-state index in [0.29, 0.717) is 6.42 Å². The third-order valence-electron chi connectivity index (χ3n) is 2.12. The van der Waals surface area contributed by atoms with E-state index in [1.165, 1.54) is 10.9 Å². The topological polar surface area (TPSA) is 136 Å². The summed E-state index contributed by atoms with van der Waals surface area (Å²) >= 11 is 0. The number of aryl methyl sites for hydroxylation is 1. The summed E-state index contributed by atoms with van der Waals surface area (Å²) in [6.07, 6.45) is 2.66. The Morgan fingerprint density at radius 2 is 1.84 bits per heavy atom. The molecule has 0 amide bonds. The van der Waals surface area contributed by atoms with Crippen molar-refractivity contribution in [2.24, 2.45) is 7.05 Å². The Kier molecular flexibility index (Phi) is 4.90. The van der Waals surface area contributed by atoms with E-state index in [0.717, 1.165) is 6.26 Å². The third kappa shape index (κ3) is 5.14. The van der Waals surface area contributed by atoms with E-state index in [9.17, 15) is 16.8 Å². The molecule has 1 aromatic rings. The van der Waals surface area contributed by atoms with Crippen LogP contribution in [0.4, 0.5) is 5.82 Å². The molecule has 0 aliphatic rings. The number of nitrogens with one attached hydrogen (secondary N) is 2. The summed E-state index contributed by atoms with van der Waals surface area (Å²) in [7, 11) is -5.42. The molecule has 0 aliphatic carbocycles. The number of nitrogens with zero attached hydrogens (tertiary/aromatic N) is 2. The molecule has 0 saturated heterocycles.